The van der Waals surface area contributed by atoms with Gasteiger partial charge in [0.2, 0.25) is 3.79 Å². The first-order valence-corrected chi connectivity index (χ1v) is 8.80. The topological polar surface area (TPSA) is 71.4 Å². The van der Waals surface area contributed by atoms with Crippen LogP contribution in [0.25, 0.3) is 0 Å². The molecule has 0 bridgehead atoms. The minimum absolute atomic E-state index is 0.0321. The standard InChI is InChI=1S/C13H15Cl3O4S/c1-4-7(2)21(19,20)11-8(3)9(12(17)18)5-6-10(11)13(14,15)16/h5-7H,4H2,1-3H3,(H,17,18)/t7-/m0/s1. The summed E-state index contributed by atoms with van der Waals surface area (Å²) < 4.78 is 23.4. The highest BCUT2D eigenvalue weighted by Gasteiger charge is 2.36. The van der Waals surface area contributed by atoms with Gasteiger partial charge in [-0.15, -0.1) is 0 Å². The minimum atomic E-state index is -3.81. The normalized spacial score (nSPS) is 14.0. The van der Waals surface area contributed by atoms with E-state index in [1.54, 1.807) is 6.92 Å². The fourth-order valence-corrected chi connectivity index (χ4v) is 4.48. The van der Waals surface area contributed by atoms with Crippen LogP contribution in [0.1, 0.15) is 41.8 Å². The van der Waals surface area contributed by atoms with Crippen LogP contribution in [0.15, 0.2) is 17.0 Å². The van der Waals surface area contributed by atoms with Crippen LogP contribution in [-0.2, 0) is 13.6 Å². The average molecular weight is 374 g/mol. The zero-order valence-electron chi connectivity index (χ0n) is 11.7. The molecule has 0 radical (unpaired) electrons. The Hall–Kier alpha value is -0.490. The van der Waals surface area contributed by atoms with Crippen LogP contribution >= 0.6 is 34.8 Å². The van der Waals surface area contributed by atoms with Gasteiger partial charge < -0.3 is 5.11 Å². The molecule has 1 N–H and O–H groups in total. The first-order valence-electron chi connectivity index (χ1n) is 6.12. The second-order valence-electron chi connectivity index (χ2n) is 4.68. The van der Waals surface area contributed by atoms with Crippen LogP contribution in [0.2, 0.25) is 0 Å². The molecular formula is C13H15Cl3O4S. The summed E-state index contributed by atoms with van der Waals surface area (Å²) in [5.41, 5.74) is -0.0863. The summed E-state index contributed by atoms with van der Waals surface area (Å²) in [4.78, 5) is 11.0. The second-order valence-corrected chi connectivity index (χ2v) is 9.27. The predicted octanol–water partition coefficient (Wildman–Crippen LogP) is 4.09. The molecule has 1 aromatic carbocycles. The largest absolute Gasteiger partial charge is 0.478 e. The number of aromatic carboxylic acids is 1. The number of benzene rings is 1. The summed E-state index contributed by atoms with van der Waals surface area (Å²) in [7, 11) is -3.81. The molecule has 0 unspecified atom stereocenters. The summed E-state index contributed by atoms with van der Waals surface area (Å²) in [5.74, 6) is -1.23. The van der Waals surface area contributed by atoms with Gasteiger partial charge in [0.15, 0.2) is 9.84 Å². The average Bonchev–Trinajstić information content (AvgIpc) is 2.35. The number of rotatable bonds is 4. The Morgan fingerprint density at radius 2 is 1.86 bits per heavy atom. The van der Waals surface area contributed by atoms with E-state index < -0.39 is 24.8 Å². The van der Waals surface area contributed by atoms with Gasteiger partial charge in [0, 0.05) is 5.56 Å². The zero-order valence-corrected chi connectivity index (χ0v) is 14.7. The number of carbonyl (C=O) groups is 1. The number of hydrogen-bond donors (Lipinski definition) is 1. The summed E-state index contributed by atoms with van der Waals surface area (Å²) in [6, 6.07) is 2.48. The molecule has 0 amide bonds. The summed E-state index contributed by atoms with van der Waals surface area (Å²) >= 11 is 17.5. The highest BCUT2D eigenvalue weighted by molar-refractivity contribution is 7.92. The van der Waals surface area contributed by atoms with Gasteiger partial charge in [-0.1, -0.05) is 47.8 Å². The highest BCUT2D eigenvalue weighted by Crippen LogP contribution is 2.44. The maximum absolute atomic E-state index is 12.7. The Labute approximate surface area is 138 Å². The molecule has 0 aliphatic rings. The third-order valence-corrected chi connectivity index (χ3v) is 6.43. The van der Waals surface area contributed by atoms with Gasteiger partial charge >= 0.3 is 5.97 Å². The summed E-state index contributed by atoms with van der Waals surface area (Å²) in [6.07, 6.45) is 0.359. The van der Waals surface area contributed by atoms with E-state index in [1.807, 2.05) is 0 Å². The Bertz CT molecular complexity index is 663. The predicted molar refractivity (Wildman–Crippen MR) is 84.3 cm³/mol. The molecule has 1 atom stereocenters. The van der Waals surface area contributed by atoms with E-state index in [9.17, 15) is 13.2 Å². The minimum Gasteiger partial charge on any atom is -0.478 e. The number of hydrogen-bond acceptors (Lipinski definition) is 3. The van der Waals surface area contributed by atoms with E-state index in [0.717, 1.165) is 0 Å². The van der Waals surface area contributed by atoms with Crippen molar-refractivity contribution in [3.63, 3.8) is 0 Å². The van der Waals surface area contributed by atoms with Crippen molar-refractivity contribution in [1.29, 1.82) is 0 Å². The highest BCUT2D eigenvalue weighted by atomic mass is 35.6. The van der Waals surface area contributed by atoms with Crippen molar-refractivity contribution in [2.24, 2.45) is 0 Å². The van der Waals surface area contributed by atoms with Crippen LogP contribution in [0.4, 0.5) is 0 Å². The van der Waals surface area contributed by atoms with Crippen LogP contribution in [0.3, 0.4) is 0 Å². The molecule has 1 aromatic rings. The number of carboxylic acid groups (broad SMARTS) is 1. The van der Waals surface area contributed by atoms with Crippen LogP contribution in [-0.4, -0.2) is 24.7 Å². The van der Waals surface area contributed by atoms with Gasteiger partial charge in [0.05, 0.1) is 15.7 Å². The molecule has 118 valence electrons. The third-order valence-electron chi connectivity index (χ3n) is 3.33. The molecule has 0 saturated heterocycles. The van der Waals surface area contributed by atoms with Gasteiger partial charge in [0.1, 0.15) is 0 Å². The van der Waals surface area contributed by atoms with Crippen LogP contribution < -0.4 is 0 Å². The molecule has 0 saturated carbocycles. The van der Waals surface area contributed by atoms with E-state index in [2.05, 4.69) is 0 Å². The molecule has 1 rings (SSSR count). The maximum Gasteiger partial charge on any atom is 0.335 e. The lowest BCUT2D eigenvalue weighted by molar-refractivity contribution is 0.0695. The number of carboxylic acids is 1. The molecule has 21 heavy (non-hydrogen) atoms. The zero-order chi connectivity index (χ0) is 16.6. The van der Waals surface area contributed by atoms with Crippen molar-refractivity contribution < 1.29 is 18.3 Å². The van der Waals surface area contributed by atoms with Crippen LogP contribution in [0, 0.1) is 6.92 Å². The SMILES string of the molecule is CC[C@H](C)S(=O)(=O)c1c(C(Cl)(Cl)Cl)ccc(C(=O)O)c1C. The van der Waals surface area contributed by atoms with Crippen molar-refractivity contribution in [3.8, 4) is 0 Å². The lowest BCUT2D eigenvalue weighted by Crippen LogP contribution is -2.23. The second kappa shape index (κ2) is 6.32. The monoisotopic (exact) mass is 372 g/mol. The van der Waals surface area contributed by atoms with Crippen molar-refractivity contribution in [3.05, 3.63) is 28.8 Å². The third kappa shape index (κ3) is 3.65. The quantitative estimate of drug-likeness (QED) is 0.807. The first-order chi connectivity index (χ1) is 9.44. The Morgan fingerprint density at radius 1 is 1.33 bits per heavy atom. The van der Waals surface area contributed by atoms with E-state index in [0.29, 0.717) is 6.42 Å². The molecule has 4 nitrogen and oxygen atoms in total. The summed E-state index contributed by atoms with van der Waals surface area (Å²) in [6.45, 7) is 4.65. The molecular weight excluding hydrogens is 359 g/mol. The molecule has 0 aromatic heterocycles. The Morgan fingerprint density at radius 3 is 2.24 bits per heavy atom. The van der Waals surface area contributed by atoms with Gasteiger partial charge in [0.25, 0.3) is 0 Å². The molecule has 0 spiro atoms. The number of sulfone groups is 1. The lowest BCUT2D eigenvalue weighted by atomic mass is 10.1. The van der Waals surface area contributed by atoms with Crippen molar-refractivity contribution >= 4 is 50.6 Å². The molecule has 0 fully saturated rings. The first kappa shape index (κ1) is 18.6. The van der Waals surface area contributed by atoms with E-state index >= 15 is 0 Å². The Kier molecular flexibility index (Phi) is 5.59. The number of alkyl halides is 3. The van der Waals surface area contributed by atoms with Crippen molar-refractivity contribution in [2.75, 3.05) is 0 Å². The van der Waals surface area contributed by atoms with Crippen molar-refractivity contribution in [1.82, 2.24) is 0 Å². The van der Waals surface area contributed by atoms with Gasteiger partial charge in [-0.2, -0.15) is 0 Å². The molecule has 8 heteroatoms. The smallest absolute Gasteiger partial charge is 0.335 e. The molecule has 0 aliphatic heterocycles. The lowest BCUT2D eigenvalue weighted by Gasteiger charge is -2.22. The maximum atomic E-state index is 12.7. The fourth-order valence-electron chi connectivity index (χ4n) is 1.93. The molecule has 0 heterocycles. The Balaban J connectivity index is 3.83. The van der Waals surface area contributed by atoms with Gasteiger partial charge in [-0.3, -0.25) is 0 Å². The van der Waals surface area contributed by atoms with Crippen molar-refractivity contribution in [2.45, 2.75) is 41.1 Å². The van der Waals surface area contributed by atoms with E-state index in [4.69, 9.17) is 39.9 Å². The summed E-state index contributed by atoms with van der Waals surface area (Å²) in [5, 5.41) is 8.44. The van der Waals surface area contributed by atoms with Crippen LogP contribution in [0.5, 0.6) is 0 Å². The van der Waals surface area contributed by atoms with E-state index in [-0.39, 0.29) is 21.6 Å². The number of halogens is 3. The van der Waals surface area contributed by atoms with Gasteiger partial charge in [-0.05, 0) is 31.9 Å². The van der Waals surface area contributed by atoms with Gasteiger partial charge in [-0.25, -0.2) is 13.2 Å². The fraction of sp³-hybridized carbons (Fsp3) is 0.462. The van der Waals surface area contributed by atoms with E-state index in [1.165, 1.54) is 26.0 Å². The molecule has 0 aliphatic carbocycles.